The third-order valence-corrected chi connectivity index (χ3v) is 3.65. The lowest BCUT2D eigenvalue weighted by molar-refractivity contribution is -0.137. The van der Waals surface area contributed by atoms with Crippen LogP contribution in [0.25, 0.3) is 0 Å². The summed E-state index contributed by atoms with van der Waals surface area (Å²) in [6, 6.07) is 4.96. The van der Waals surface area contributed by atoms with Crippen LogP contribution in [-0.4, -0.2) is 25.8 Å². The molecule has 118 valence electrons. The minimum atomic E-state index is -4.33. The Morgan fingerprint density at radius 3 is 2.29 bits per heavy atom. The second-order valence-corrected chi connectivity index (χ2v) is 5.09. The first-order chi connectivity index (χ1) is 9.86. The van der Waals surface area contributed by atoms with Gasteiger partial charge in [0.15, 0.2) is 0 Å². The average Bonchev–Trinajstić information content (AvgIpc) is 2.45. The zero-order chi connectivity index (χ0) is 15.5. The van der Waals surface area contributed by atoms with Gasteiger partial charge >= 0.3 is 12.8 Å². The van der Waals surface area contributed by atoms with Gasteiger partial charge in [-0.15, -0.1) is 0 Å². The van der Waals surface area contributed by atoms with Gasteiger partial charge in [-0.2, -0.15) is 22.0 Å². The summed E-state index contributed by atoms with van der Waals surface area (Å²) in [6.07, 6.45) is -2.95. The Hall–Kier alpha value is -1.21. The van der Waals surface area contributed by atoms with Crippen molar-refractivity contribution in [3.63, 3.8) is 0 Å². The van der Waals surface area contributed by atoms with Gasteiger partial charge < -0.3 is 10.1 Å². The fraction of sp³-hybridized carbons (Fsp3) is 0.571. The van der Waals surface area contributed by atoms with Gasteiger partial charge in [-0.3, -0.25) is 0 Å². The van der Waals surface area contributed by atoms with Crippen molar-refractivity contribution in [1.29, 1.82) is 0 Å². The smallest absolute Gasteiger partial charge is 0.321 e. The SMILES string of the molecule is FC(F)OCC1CCC(c2ccc(C(F)(F)F)cc2)CN1. The number of benzene rings is 1. The van der Waals surface area contributed by atoms with E-state index in [0.717, 1.165) is 24.1 Å². The molecule has 1 heterocycles. The third kappa shape index (κ3) is 4.64. The fourth-order valence-corrected chi connectivity index (χ4v) is 2.48. The van der Waals surface area contributed by atoms with Gasteiger partial charge in [0, 0.05) is 12.6 Å². The van der Waals surface area contributed by atoms with Gasteiger partial charge in [0.2, 0.25) is 0 Å². The molecule has 2 atom stereocenters. The summed E-state index contributed by atoms with van der Waals surface area (Å²) < 4.78 is 65.5. The van der Waals surface area contributed by atoms with Crippen LogP contribution in [0.1, 0.15) is 29.9 Å². The summed E-state index contributed by atoms with van der Waals surface area (Å²) >= 11 is 0. The van der Waals surface area contributed by atoms with Crippen molar-refractivity contribution < 1.29 is 26.7 Å². The summed E-state index contributed by atoms with van der Waals surface area (Å²) in [5, 5.41) is 3.09. The normalized spacial score (nSPS) is 23.5. The van der Waals surface area contributed by atoms with Crippen LogP contribution in [0, 0.1) is 0 Å². The molecular formula is C14H16F5NO. The van der Waals surface area contributed by atoms with Gasteiger partial charge in [-0.25, -0.2) is 0 Å². The standard InChI is InChI=1S/C14H16F5NO/c15-13(16)21-8-12-6-3-10(7-20-12)9-1-4-11(5-2-9)14(17,18)19/h1-2,4-5,10,12-13,20H,3,6-8H2. The Balaban J connectivity index is 1.87. The highest BCUT2D eigenvalue weighted by molar-refractivity contribution is 5.27. The first-order valence-electron chi connectivity index (χ1n) is 6.66. The van der Waals surface area contributed by atoms with Crippen LogP contribution in [-0.2, 0) is 10.9 Å². The zero-order valence-corrected chi connectivity index (χ0v) is 11.2. The van der Waals surface area contributed by atoms with Crippen LogP contribution < -0.4 is 5.32 Å². The molecule has 0 amide bonds. The molecule has 2 unspecified atom stereocenters. The van der Waals surface area contributed by atoms with Crippen LogP contribution >= 0.6 is 0 Å². The molecule has 1 fully saturated rings. The van der Waals surface area contributed by atoms with E-state index in [-0.39, 0.29) is 18.6 Å². The topological polar surface area (TPSA) is 21.3 Å². The van der Waals surface area contributed by atoms with Crippen molar-refractivity contribution in [3.8, 4) is 0 Å². The van der Waals surface area contributed by atoms with Gasteiger partial charge in [0.1, 0.15) is 0 Å². The second-order valence-electron chi connectivity index (χ2n) is 5.09. The highest BCUT2D eigenvalue weighted by Gasteiger charge is 2.30. The zero-order valence-electron chi connectivity index (χ0n) is 11.2. The summed E-state index contributed by atoms with van der Waals surface area (Å²) in [7, 11) is 0. The summed E-state index contributed by atoms with van der Waals surface area (Å²) in [5.74, 6) is 0.0927. The van der Waals surface area contributed by atoms with Crippen LogP contribution in [0.5, 0.6) is 0 Å². The molecule has 1 aliphatic heterocycles. The number of alkyl halides is 5. The van der Waals surface area contributed by atoms with Crippen molar-refractivity contribution >= 4 is 0 Å². The molecule has 1 N–H and O–H groups in total. The van der Waals surface area contributed by atoms with Gasteiger partial charge in [-0.05, 0) is 36.5 Å². The number of halogens is 5. The molecule has 1 aromatic carbocycles. The minimum absolute atomic E-state index is 0.0581. The minimum Gasteiger partial charge on any atom is -0.321 e. The maximum atomic E-state index is 12.5. The molecular weight excluding hydrogens is 293 g/mol. The Bertz CT molecular complexity index is 438. The average molecular weight is 309 g/mol. The largest absolute Gasteiger partial charge is 0.416 e. The summed E-state index contributed by atoms with van der Waals surface area (Å²) in [5.41, 5.74) is 0.155. The predicted molar refractivity (Wildman–Crippen MR) is 67.2 cm³/mol. The Morgan fingerprint density at radius 2 is 1.81 bits per heavy atom. The lowest BCUT2D eigenvalue weighted by atomic mass is 9.88. The number of nitrogens with one attached hydrogen (secondary N) is 1. The Kier molecular flexibility index (Phi) is 5.16. The number of piperidine rings is 1. The van der Waals surface area contributed by atoms with Crippen LogP contribution in [0.3, 0.4) is 0 Å². The fourth-order valence-electron chi connectivity index (χ4n) is 2.48. The lowest BCUT2D eigenvalue weighted by Gasteiger charge is -2.30. The summed E-state index contributed by atoms with van der Waals surface area (Å²) in [6.45, 7) is -2.29. The maximum Gasteiger partial charge on any atom is 0.416 e. The Morgan fingerprint density at radius 1 is 1.14 bits per heavy atom. The molecule has 2 rings (SSSR count). The van der Waals surface area contributed by atoms with Crippen LogP contribution in [0.4, 0.5) is 22.0 Å². The van der Waals surface area contributed by atoms with Crippen molar-refractivity contribution in [3.05, 3.63) is 35.4 Å². The van der Waals surface area contributed by atoms with Gasteiger partial charge in [-0.1, -0.05) is 12.1 Å². The molecule has 0 bridgehead atoms. The quantitative estimate of drug-likeness (QED) is 0.855. The number of rotatable bonds is 4. The van der Waals surface area contributed by atoms with E-state index in [1.165, 1.54) is 12.1 Å². The molecule has 2 nitrogen and oxygen atoms in total. The molecule has 21 heavy (non-hydrogen) atoms. The van der Waals surface area contributed by atoms with E-state index < -0.39 is 18.4 Å². The van der Waals surface area contributed by atoms with E-state index in [2.05, 4.69) is 10.1 Å². The monoisotopic (exact) mass is 309 g/mol. The molecule has 1 aliphatic rings. The highest BCUT2D eigenvalue weighted by atomic mass is 19.4. The molecule has 0 radical (unpaired) electrons. The van der Waals surface area contributed by atoms with Crippen molar-refractivity contribution in [2.45, 2.75) is 37.6 Å². The van der Waals surface area contributed by atoms with E-state index in [9.17, 15) is 22.0 Å². The molecule has 1 aromatic rings. The highest BCUT2D eigenvalue weighted by Crippen LogP contribution is 2.31. The third-order valence-electron chi connectivity index (χ3n) is 3.65. The van der Waals surface area contributed by atoms with E-state index >= 15 is 0 Å². The van der Waals surface area contributed by atoms with Crippen LogP contribution in [0.2, 0.25) is 0 Å². The first-order valence-corrected chi connectivity index (χ1v) is 6.66. The maximum absolute atomic E-state index is 12.5. The Labute approximate surface area is 119 Å². The number of hydrogen-bond acceptors (Lipinski definition) is 2. The van der Waals surface area contributed by atoms with E-state index in [0.29, 0.717) is 13.0 Å². The predicted octanol–water partition coefficient (Wildman–Crippen LogP) is 3.78. The molecule has 7 heteroatoms. The lowest BCUT2D eigenvalue weighted by Crippen LogP contribution is -2.41. The number of hydrogen-bond donors (Lipinski definition) is 1. The van der Waals surface area contributed by atoms with Crippen molar-refractivity contribution in [2.24, 2.45) is 0 Å². The number of ether oxygens (including phenoxy) is 1. The van der Waals surface area contributed by atoms with Crippen LogP contribution in [0.15, 0.2) is 24.3 Å². The molecule has 0 aliphatic carbocycles. The molecule has 1 saturated heterocycles. The second kappa shape index (κ2) is 6.70. The molecule has 0 spiro atoms. The van der Waals surface area contributed by atoms with Gasteiger partial charge in [0.05, 0.1) is 12.2 Å². The first kappa shape index (κ1) is 16.2. The molecule has 0 saturated carbocycles. The van der Waals surface area contributed by atoms with Crippen molar-refractivity contribution in [1.82, 2.24) is 5.32 Å². The molecule has 0 aromatic heterocycles. The van der Waals surface area contributed by atoms with E-state index in [4.69, 9.17) is 0 Å². The van der Waals surface area contributed by atoms with E-state index in [1.807, 2.05) is 0 Å². The summed E-state index contributed by atoms with van der Waals surface area (Å²) in [4.78, 5) is 0. The van der Waals surface area contributed by atoms with E-state index in [1.54, 1.807) is 0 Å². The van der Waals surface area contributed by atoms with Crippen molar-refractivity contribution in [2.75, 3.05) is 13.2 Å². The van der Waals surface area contributed by atoms with Gasteiger partial charge in [0.25, 0.3) is 0 Å².